The maximum Gasteiger partial charge on any atom is 0.321 e. The highest BCUT2D eigenvalue weighted by atomic mass is 28.3. The minimum Gasteiger partial charge on any atom is -0.394 e. The lowest BCUT2D eigenvalue weighted by molar-refractivity contribution is 0.0993. The zero-order valence-electron chi connectivity index (χ0n) is 11.2. The minimum absolute atomic E-state index is 0.627. The topological polar surface area (TPSA) is 36.9 Å². The van der Waals surface area contributed by atoms with Gasteiger partial charge in [0.25, 0.3) is 0 Å². The highest BCUT2D eigenvalue weighted by Crippen LogP contribution is 2.07. The molecule has 0 N–H and O–H groups in total. The van der Waals surface area contributed by atoms with E-state index in [4.69, 9.17) is 18.3 Å². The summed E-state index contributed by atoms with van der Waals surface area (Å²) in [4.78, 5) is 0. The van der Waals surface area contributed by atoms with Crippen LogP contribution in [-0.2, 0) is 18.3 Å². The Bertz CT molecular complexity index is 157. The average Bonchev–Trinajstić information content (AvgIpc) is 2.34. The molecule has 0 atom stereocenters. The van der Waals surface area contributed by atoms with E-state index < -0.39 is 9.28 Å². The van der Waals surface area contributed by atoms with E-state index in [-0.39, 0.29) is 0 Å². The Hall–Kier alpha value is -0.203. The van der Waals surface area contributed by atoms with Crippen molar-refractivity contribution in [2.24, 2.45) is 0 Å². The molecule has 0 saturated heterocycles. The van der Waals surface area contributed by atoms with E-state index in [0.29, 0.717) is 26.4 Å². The second kappa shape index (κ2) is 13.9. The van der Waals surface area contributed by atoms with Crippen LogP contribution in [0.4, 0.5) is 0 Å². The van der Waals surface area contributed by atoms with Crippen molar-refractivity contribution in [1.82, 2.24) is 0 Å². The molecule has 0 heterocycles. The lowest BCUT2D eigenvalue weighted by Gasteiger charge is -2.16. The summed E-state index contributed by atoms with van der Waals surface area (Å²) in [7, 11) is 1.82. The maximum atomic E-state index is 5.72. The molecule has 0 rings (SSSR count). The molecule has 0 aliphatic rings. The molecule has 0 unspecified atom stereocenters. The minimum atomic E-state index is -1.53. The fourth-order valence-electron chi connectivity index (χ4n) is 1.34. The third-order valence-corrected chi connectivity index (χ3v) is 4.38. The van der Waals surface area contributed by atoms with Gasteiger partial charge in [0.05, 0.1) is 26.4 Å². The molecule has 0 aromatic carbocycles. The largest absolute Gasteiger partial charge is 0.394 e. The number of allylic oxidation sites excluding steroid dienone is 1. The third-order valence-electron chi connectivity index (χ3n) is 2.28. The normalized spacial score (nSPS) is 11.0. The molecule has 0 aromatic rings. The Kier molecular flexibility index (Phi) is 13.7. The first-order chi connectivity index (χ1) is 8.35. The fourth-order valence-corrected chi connectivity index (χ4v) is 3.11. The SMILES string of the molecule is C=CCCCC[SiH](OCCOC)OCCOC. The van der Waals surface area contributed by atoms with E-state index >= 15 is 0 Å². The molecule has 102 valence electrons. The van der Waals surface area contributed by atoms with Crippen LogP contribution in [-0.4, -0.2) is 49.9 Å². The van der Waals surface area contributed by atoms with Gasteiger partial charge in [0.15, 0.2) is 0 Å². The van der Waals surface area contributed by atoms with Crippen molar-refractivity contribution in [3.63, 3.8) is 0 Å². The van der Waals surface area contributed by atoms with E-state index in [0.717, 1.165) is 25.3 Å². The number of methoxy groups -OCH3 is 2. The molecular weight excluding hydrogens is 236 g/mol. The molecule has 4 nitrogen and oxygen atoms in total. The molecule has 0 radical (unpaired) electrons. The highest BCUT2D eigenvalue weighted by Gasteiger charge is 2.12. The Labute approximate surface area is 107 Å². The molecular formula is C12H26O4Si. The van der Waals surface area contributed by atoms with Gasteiger partial charge in [0.1, 0.15) is 0 Å². The van der Waals surface area contributed by atoms with Crippen molar-refractivity contribution in [3.8, 4) is 0 Å². The number of unbranched alkanes of at least 4 members (excludes halogenated alkanes) is 2. The molecule has 5 heteroatoms. The van der Waals surface area contributed by atoms with Crippen LogP contribution in [0.5, 0.6) is 0 Å². The average molecular weight is 262 g/mol. The molecule has 0 saturated carbocycles. The van der Waals surface area contributed by atoms with E-state index in [1.807, 2.05) is 6.08 Å². The Morgan fingerprint density at radius 1 is 0.941 bits per heavy atom. The van der Waals surface area contributed by atoms with Crippen molar-refractivity contribution in [3.05, 3.63) is 12.7 Å². The standard InChI is InChI=1S/C12H26O4Si/c1-4-5-6-7-12-17(15-10-8-13-2)16-11-9-14-3/h4,17H,1,5-12H2,2-3H3. The number of ether oxygens (including phenoxy) is 2. The summed E-state index contributed by atoms with van der Waals surface area (Å²) >= 11 is 0. The summed E-state index contributed by atoms with van der Waals surface area (Å²) < 4.78 is 21.4. The summed E-state index contributed by atoms with van der Waals surface area (Å²) in [6, 6.07) is 1.04. The molecule has 0 aliphatic carbocycles. The van der Waals surface area contributed by atoms with Crippen LogP contribution in [0.25, 0.3) is 0 Å². The molecule has 0 aliphatic heterocycles. The molecule has 0 amide bonds. The third kappa shape index (κ3) is 12.1. The molecule has 0 fully saturated rings. The second-order valence-electron chi connectivity index (χ2n) is 3.73. The zero-order valence-corrected chi connectivity index (χ0v) is 12.3. The van der Waals surface area contributed by atoms with E-state index in [2.05, 4.69) is 6.58 Å². The van der Waals surface area contributed by atoms with Crippen LogP contribution in [0.2, 0.25) is 6.04 Å². The van der Waals surface area contributed by atoms with Gasteiger partial charge in [0.2, 0.25) is 0 Å². The fraction of sp³-hybridized carbons (Fsp3) is 0.833. The van der Waals surface area contributed by atoms with Crippen LogP contribution in [0.15, 0.2) is 12.7 Å². The molecule has 0 bridgehead atoms. The van der Waals surface area contributed by atoms with Crippen molar-refractivity contribution >= 4 is 9.28 Å². The van der Waals surface area contributed by atoms with E-state index in [9.17, 15) is 0 Å². The number of rotatable bonds is 13. The van der Waals surface area contributed by atoms with Crippen molar-refractivity contribution in [2.45, 2.75) is 25.3 Å². The number of hydrogen-bond donors (Lipinski definition) is 0. The Balaban J connectivity index is 3.63. The quantitative estimate of drug-likeness (QED) is 0.288. The van der Waals surface area contributed by atoms with Crippen LogP contribution >= 0.6 is 0 Å². The summed E-state index contributed by atoms with van der Waals surface area (Å²) in [6.07, 6.45) is 5.32. The van der Waals surface area contributed by atoms with Crippen LogP contribution in [0, 0.1) is 0 Å². The van der Waals surface area contributed by atoms with Crippen LogP contribution in [0.3, 0.4) is 0 Å². The van der Waals surface area contributed by atoms with Gasteiger partial charge in [-0.25, -0.2) is 0 Å². The summed E-state index contributed by atoms with van der Waals surface area (Å²) in [6.45, 7) is 6.23. The van der Waals surface area contributed by atoms with Gasteiger partial charge in [-0.1, -0.05) is 12.5 Å². The lowest BCUT2D eigenvalue weighted by Crippen LogP contribution is -2.26. The zero-order chi connectivity index (χ0) is 12.8. The van der Waals surface area contributed by atoms with E-state index in [1.165, 1.54) is 0 Å². The first-order valence-electron chi connectivity index (χ1n) is 6.17. The van der Waals surface area contributed by atoms with Gasteiger partial charge >= 0.3 is 9.28 Å². The summed E-state index contributed by atoms with van der Waals surface area (Å²) in [5.74, 6) is 0. The molecule has 17 heavy (non-hydrogen) atoms. The monoisotopic (exact) mass is 262 g/mol. The van der Waals surface area contributed by atoms with E-state index in [1.54, 1.807) is 14.2 Å². The van der Waals surface area contributed by atoms with Gasteiger partial charge < -0.3 is 18.3 Å². The highest BCUT2D eigenvalue weighted by molar-refractivity contribution is 6.44. The van der Waals surface area contributed by atoms with Crippen molar-refractivity contribution < 1.29 is 18.3 Å². The first kappa shape index (κ1) is 16.8. The Morgan fingerprint density at radius 2 is 1.53 bits per heavy atom. The first-order valence-corrected chi connectivity index (χ1v) is 7.93. The van der Waals surface area contributed by atoms with Crippen LogP contribution < -0.4 is 0 Å². The second-order valence-corrected chi connectivity index (χ2v) is 5.83. The van der Waals surface area contributed by atoms with Gasteiger partial charge in [-0.2, -0.15) is 0 Å². The Morgan fingerprint density at radius 3 is 2.00 bits per heavy atom. The molecule has 0 aromatic heterocycles. The maximum absolute atomic E-state index is 5.72. The lowest BCUT2D eigenvalue weighted by atomic mass is 10.2. The van der Waals surface area contributed by atoms with Crippen LogP contribution in [0.1, 0.15) is 19.3 Å². The smallest absolute Gasteiger partial charge is 0.321 e. The van der Waals surface area contributed by atoms with Gasteiger partial charge in [-0.15, -0.1) is 6.58 Å². The molecule has 0 spiro atoms. The van der Waals surface area contributed by atoms with Gasteiger partial charge in [0, 0.05) is 14.2 Å². The van der Waals surface area contributed by atoms with Gasteiger partial charge in [-0.3, -0.25) is 0 Å². The number of hydrogen-bond acceptors (Lipinski definition) is 4. The van der Waals surface area contributed by atoms with Crippen molar-refractivity contribution in [2.75, 3.05) is 40.6 Å². The summed E-state index contributed by atoms with van der Waals surface area (Å²) in [5, 5.41) is 0. The summed E-state index contributed by atoms with van der Waals surface area (Å²) in [5.41, 5.74) is 0. The predicted molar refractivity (Wildman–Crippen MR) is 71.7 cm³/mol. The van der Waals surface area contributed by atoms with Crippen molar-refractivity contribution in [1.29, 1.82) is 0 Å². The predicted octanol–water partition coefficient (Wildman–Crippen LogP) is 1.89. The van der Waals surface area contributed by atoms with Gasteiger partial charge in [-0.05, 0) is 18.9 Å².